The second-order valence-electron chi connectivity index (χ2n) is 3.94. The maximum absolute atomic E-state index is 13.3. The number of anilines is 1. The molecule has 94 valence electrons. The zero-order valence-electron chi connectivity index (χ0n) is 9.76. The van der Waals surface area contributed by atoms with Crippen molar-refractivity contribution in [3.63, 3.8) is 0 Å². The first-order chi connectivity index (χ1) is 7.95. The van der Waals surface area contributed by atoms with E-state index in [0.717, 1.165) is 6.07 Å². The molecule has 0 aliphatic carbocycles. The number of aliphatic hydroxyl groups is 1. The average molecular weight is 242 g/mol. The molecule has 0 aliphatic rings. The second-order valence-corrected chi connectivity index (χ2v) is 3.94. The Labute approximate surface area is 98.6 Å². The summed E-state index contributed by atoms with van der Waals surface area (Å²) in [5, 5.41) is 19.6. The minimum Gasteiger partial charge on any atom is -0.395 e. The molecule has 0 aliphatic heterocycles. The molecule has 1 N–H and O–H groups in total. The predicted octanol–water partition coefficient (Wildman–Crippen LogP) is 1.94. The summed E-state index contributed by atoms with van der Waals surface area (Å²) in [4.78, 5) is 11.7. The number of hydrogen-bond acceptors (Lipinski definition) is 4. The Bertz CT molecular complexity index is 410. The van der Waals surface area contributed by atoms with Crippen molar-refractivity contribution in [1.82, 2.24) is 0 Å². The van der Waals surface area contributed by atoms with Crippen LogP contribution in [0.3, 0.4) is 0 Å². The number of aliphatic hydroxyl groups excluding tert-OH is 1. The number of nitro groups is 1. The van der Waals surface area contributed by atoms with Crippen LogP contribution in [0.15, 0.2) is 18.2 Å². The van der Waals surface area contributed by atoms with Crippen molar-refractivity contribution < 1.29 is 14.4 Å². The van der Waals surface area contributed by atoms with Gasteiger partial charge in [-0.2, -0.15) is 0 Å². The van der Waals surface area contributed by atoms with Crippen LogP contribution in [0.2, 0.25) is 0 Å². The summed E-state index contributed by atoms with van der Waals surface area (Å²) in [6.45, 7) is 3.94. The molecule has 1 aromatic carbocycles. The monoisotopic (exact) mass is 242 g/mol. The normalized spacial score (nSPS) is 10.6. The first-order valence-electron chi connectivity index (χ1n) is 5.28. The highest BCUT2D eigenvalue weighted by Crippen LogP contribution is 2.24. The fourth-order valence-electron chi connectivity index (χ4n) is 1.62. The molecule has 6 heteroatoms. The Morgan fingerprint density at radius 1 is 1.47 bits per heavy atom. The molecule has 17 heavy (non-hydrogen) atoms. The van der Waals surface area contributed by atoms with E-state index < -0.39 is 10.7 Å². The van der Waals surface area contributed by atoms with Gasteiger partial charge >= 0.3 is 0 Å². The molecule has 5 nitrogen and oxygen atoms in total. The third-order valence-electron chi connectivity index (χ3n) is 2.37. The molecule has 0 heterocycles. The number of nitro benzene ring substituents is 1. The maximum atomic E-state index is 13.3. The lowest BCUT2D eigenvalue weighted by Crippen LogP contribution is -2.33. The summed E-state index contributed by atoms with van der Waals surface area (Å²) in [6.07, 6.45) is 0. The van der Waals surface area contributed by atoms with Gasteiger partial charge in [0.25, 0.3) is 5.69 Å². The molecule has 0 radical (unpaired) electrons. The third kappa shape index (κ3) is 3.39. The summed E-state index contributed by atoms with van der Waals surface area (Å²) in [5.41, 5.74) is 0.115. The van der Waals surface area contributed by atoms with Crippen molar-refractivity contribution in [3.8, 4) is 0 Å². The fourth-order valence-corrected chi connectivity index (χ4v) is 1.62. The smallest absolute Gasteiger partial charge is 0.274 e. The molecule has 0 unspecified atom stereocenters. The zero-order valence-corrected chi connectivity index (χ0v) is 9.76. The standard InChI is InChI=1S/C11H15FN2O3/c1-8(2)13(3-4-15)10-5-9(12)6-11(7-10)14(16)17/h5-8,15H,3-4H2,1-2H3. The molecule has 1 rings (SSSR count). The van der Waals surface area contributed by atoms with Crippen LogP contribution < -0.4 is 4.90 Å². The van der Waals surface area contributed by atoms with E-state index in [1.54, 1.807) is 4.90 Å². The molecular weight excluding hydrogens is 227 g/mol. The Hall–Kier alpha value is -1.69. The van der Waals surface area contributed by atoms with Gasteiger partial charge in [-0.25, -0.2) is 4.39 Å². The van der Waals surface area contributed by atoms with E-state index in [0.29, 0.717) is 12.2 Å². The van der Waals surface area contributed by atoms with Crippen LogP contribution in [0, 0.1) is 15.9 Å². The van der Waals surface area contributed by atoms with Crippen LogP contribution in [0.25, 0.3) is 0 Å². The summed E-state index contributed by atoms with van der Waals surface area (Å²) in [7, 11) is 0. The van der Waals surface area contributed by atoms with Gasteiger partial charge in [0.05, 0.1) is 17.6 Å². The highest BCUT2D eigenvalue weighted by molar-refractivity contribution is 5.54. The number of rotatable bonds is 5. The van der Waals surface area contributed by atoms with Gasteiger partial charge in [0, 0.05) is 24.3 Å². The van der Waals surface area contributed by atoms with Crippen LogP contribution in [-0.4, -0.2) is 29.2 Å². The predicted molar refractivity (Wildman–Crippen MR) is 62.6 cm³/mol. The Kier molecular flexibility index (Phi) is 4.39. The third-order valence-corrected chi connectivity index (χ3v) is 2.37. The van der Waals surface area contributed by atoms with Crippen molar-refractivity contribution in [2.45, 2.75) is 19.9 Å². The highest BCUT2D eigenvalue weighted by Gasteiger charge is 2.16. The van der Waals surface area contributed by atoms with Crippen molar-refractivity contribution in [3.05, 3.63) is 34.1 Å². The minimum atomic E-state index is -0.655. The zero-order chi connectivity index (χ0) is 13.0. The van der Waals surface area contributed by atoms with E-state index >= 15 is 0 Å². The fraction of sp³-hybridized carbons (Fsp3) is 0.455. The van der Waals surface area contributed by atoms with Crippen molar-refractivity contribution in [1.29, 1.82) is 0 Å². The number of halogens is 1. The summed E-state index contributed by atoms with van der Waals surface area (Å²) < 4.78 is 13.3. The maximum Gasteiger partial charge on any atom is 0.274 e. The lowest BCUT2D eigenvalue weighted by molar-refractivity contribution is -0.385. The van der Waals surface area contributed by atoms with E-state index in [1.807, 2.05) is 13.8 Å². The van der Waals surface area contributed by atoms with Gasteiger partial charge in [-0.15, -0.1) is 0 Å². The van der Waals surface area contributed by atoms with Gasteiger partial charge < -0.3 is 10.0 Å². The lowest BCUT2D eigenvalue weighted by atomic mass is 10.2. The van der Waals surface area contributed by atoms with Gasteiger partial charge in [-0.1, -0.05) is 0 Å². The number of benzene rings is 1. The van der Waals surface area contributed by atoms with Crippen molar-refractivity contribution in [2.24, 2.45) is 0 Å². The van der Waals surface area contributed by atoms with Crippen LogP contribution in [0.5, 0.6) is 0 Å². The van der Waals surface area contributed by atoms with Gasteiger partial charge in [0.15, 0.2) is 0 Å². The van der Waals surface area contributed by atoms with E-state index in [1.165, 1.54) is 12.1 Å². The number of hydrogen-bond donors (Lipinski definition) is 1. The average Bonchev–Trinajstić information content (AvgIpc) is 2.24. The highest BCUT2D eigenvalue weighted by atomic mass is 19.1. The van der Waals surface area contributed by atoms with E-state index in [-0.39, 0.29) is 18.3 Å². The molecule has 0 spiro atoms. The van der Waals surface area contributed by atoms with Crippen LogP contribution >= 0.6 is 0 Å². The Balaban J connectivity index is 3.14. The molecular formula is C11H15FN2O3. The molecule has 0 saturated carbocycles. The summed E-state index contributed by atoms with van der Waals surface area (Å²) >= 11 is 0. The number of non-ortho nitro benzene ring substituents is 1. The van der Waals surface area contributed by atoms with Crippen LogP contribution in [0.4, 0.5) is 15.8 Å². The number of nitrogens with zero attached hydrogens (tertiary/aromatic N) is 2. The Morgan fingerprint density at radius 2 is 2.12 bits per heavy atom. The van der Waals surface area contributed by atoms with Crippen molar-refractivity contribution >= 4 is 11.4 Å². The van der Waals surface area contributed by atoms with Crippen LogP contribution in [-0.2, 0) is 0 Å². The molecule has 0 aromatic heterocycles. The topological polar surface area (TPSA) is 66.6 Å². The van der Waals surface area contributed by atoms with E-state index in [2.05, 4.69) is 0 Å². The molecule has 0 bridgehead atoms. The lowest BCUT2D eigenvalue weighted by Gasteiger charge is -2.28. The molecule has 0 atom stereocenters. The van der Waals surface area contributed by atoms with Gasteiger partial charge in [-0.3, -0.25) is 10.1 Å². The molecule has 0 amide bonds. The van der Waals surface area contributed by atoms with E-state index in [4.69, 9.17) is 5.11 Å². The first kappa shape index (κ1) is 13.4. The summed E-state index contributed by atoms with van der Waals surface area (Å²) in [5.74, 6) is -0.655. The summed E-state index contributed by atoms with van der Waals surface area (Å²) in [6, 6.07) is 3.42. The van der Waals surface area contributed by atoms with Gasteiger partial charge in [-0.05, 0) is 19.9 Å². The van der Waals surface area contributed by atoms with Crippen LogP contribution in [0.1, 0.15) is 13.8 Å². The molecule has 0 fully saturated rings. The van der Waals surface area contributed by atoms with E-state index in [9.17, 15) is 14.5 Å². The van der Waals surface area contributed by atoms with Gasteiger partial charge in [0.2, 0.25) is 0 Å². The van der Waals surface area contributed by atoms with Gasteiger partial charge in [0.1, 0.15) is 5.82 Å². The quantitative estimate of drug-likeness (QED) is 0.633. The minimum absolute atomic E-state index is 0.0172. The largest absolute Gasteiger partial charge is 0.395 e. The SMILES string of the molecule is CC(C)N(CCO)c1cc(F)cc([N+](=O)[O-])c1. The Morgan fingerprint density at radius 3 is 2.59 bits per heavy atom. The molecule has 1 aromatic rings. The second kappa shape index (κ2) is 5.58. The van der Waals surface area contributed by atoms with Crippen molar-refractivity contribution in [2.75, 3.05) is 18.1 Å². The molecule has 0 saturated heterocycles. The first-order valence-corrected chi connectivity index (χ1v) is 5.28.